The van der Waals surface area contributed by atoms with Gasteiger partial charge in [-0.15, -0.1) is 0 Å². The van der Waals surface area contributed by atoms with Crippen molar-refractivity contribution in [3.05, 3.63) is 65.2 Å². The molecule has 0 saturated carbocycles. The summed E-state index contributed by atoms with van der Waals surface area (Å²) in [5, 5.41) is 9.20. The fourth-order valence-electron chi connectivity index (χ4n) is 2.10. The number of aliphatic hydroxyl groups is 1. The van der Waals surface area contributed by atoms with E-state index >= 15 is 0 Å². The van der Waals surface area contributed by atoms with E-state index in [1.54, 1.807) is 0 Å². The third kappa shape index (κ3) is 4.11. The molecule has 0 unspecified atom stereocenters. The Kier molecular flexibility index (Phi) is 4.99. The molecule has 0 saturated heterocycles. The van der Waals surface area contributed by atoms with Crippen LogP contribution >= 0.6 is 0 Å². The summed E-state index contributed by atoms with van der Waals surface area (Å²) in [6, 6.07) is 16.2. The Morgan fingerprint density at radius 3 is 2.68 bits per heavy atom. The molecule has 2 rings (SSSR count). The second-order valence-corrected chi connectivity index (χ2v) is 4.71. The normalized spacial score (nSPS) is 10.4. The monoisotopic (exact) mass is 256 g/mol. The first-order valence-corrected chi connectivity index (χ1v) is 6.66. The molecule has 1 N–H and O–H groups in total. The van der Waals surface area contributed by atoms with Crippen molar-refractivity contribution in [2.75, 3.05) is 6.61 Å². The summed E-state index contributed by atoms with van der Waals surface area (Å²) < 4.78 is 5.72. The second-order valence-electron chi connectivity index (χ2n) is 4.71. The molecule has 2 aromatic carbocycles. The van der Waals surface area contributed by atoms with Crippen LogP contribution in [-0.2, 0) is 13.0 Å². The zero-order valence-corrected chi connectivity index (χ0v) is 11.3. The molecule has 2 aromatic rings. The standard InChI is InChI=1S/C17H20O2/c1-14-6-4-7-15(12-14)8-5-11-19-17-10-3-2-9-16(17)13-18/h2-4,6-7,9-10,12,18H,5,8,11,13H2,1H3. The van der Waals surface area contributed by atoms with Crippen LogP contribution in [0, 0.1) is 6.92 Å². The summed E-state index contributed by atoms with van der Waals surface area (Å²) in [5.74, 6) is 0.786. The summed E-state index contributed by atoms with van der Waals surface area (Å²) in [4.78, 5) is 0. The Bertz CT molecular complexity index is 520. The van der Waals surface area contributed by atoms with Crippen molar-refractivity contribution in [3.8, 4) is 5.75 Å². The van der Waals surface area contributed by atoms with Crippen LogP contribution in [0.1, 0.15) is 23.1 Å². The summed E-state index contributed by atoms with van der Waals surface area (Å²) in [7, 11) is 0. The predicted molar refractivity (Wildman–Crippen MR) is 77.4 cm³/mol. The fraction of sp³-hybridized carbons (Fsp3) is 0.294. The first-order chi connectivity index (χ1) is 9.29. The smallest absolute Gasteiger partial charge is 0.124 e. The van der Waals surface area contributed by atoms with E-state index in [2.05, 4.69) is 31.2 Å². The minimum Gasteiger partial charge on any atom is -0.493 e. The van der Waals surface area contributed by atoms with Crippen LogP contribution < -0.4 is 4.74 Å². The molecular formula is C17H20O2. The maximum atomic E-state index is 9.20. The molecule has 0 spiro atoms. The Balaban J connectivity index is 1.81. The Morgan fingerprint density at radius 1 is 1.05 bits per heavy atom. The van der Waals surface area contributed by atoms with Gasteiger partial charge in [0, 0.05) is 5.56 Å². The van der Waals surface area contributed by atoms with Gasteiger partial charge in [0.2, 0.25) is 0 Å². The zero-order chi connectivity index (χ0) is 13.5. The van der Waals surface area contributed by atoms with E-state index in [-0.39, 0.29) is 6.61 Å². The fourth-order valence-corrected chi connectivity index (χ4v) is 2.10. The van der Waals surface area contributed by atoms with Gasteiger partial charge in [-0.25, -0.2) is 0 Å². The lowest BCUT2D eigenvalue weighted by atomic mass is 10.1. The minimum absolute atomic E-state index is 0.0219. The summed E-state index contributed by atoms with van der Waals surface area (Å²) in [6.45, 7) is 2.80. The summed E-state index contributed by atoms with van der Waals surface area (Å²) in [5.41, 5.74) is 3.49. The quantitative estimate of drug-likeness (QED) is 0.802. The number of aryl methyl sites for hydroxylation is 2. The molecule has 0 radical (unpaired) electrons. The molecule has 19 heavy (non-hydrogen) atoms. The molecule has 100 valence electrons. The van der Waals surface area contributed by atoms with E-state index in [0.717, 1.165) is 24.2 Å². The summed E-state index contributed by atoms with van der Waals surface area (Å²) >= 11 is 0. The maximum absolute atomic E-state index is 9.20. The van der Waals surface area contributed by atoms with Gasteiger partial charge in [-0.2, -0.15) is 0 Å². The second kappa shape index (κ2) is 6.95. The van der Waals surface area contributed by atoms with Crippen molar-refractivity contribution >= 4 is 0 Å². The number of rotatable bonds is 6. The van der Waals surface area contributed by atoms with Crippen LogP contribution in [0.2, 0.25) is 0 Å². The van der Waals surface area contributed by atoms with Crippen LogP contribution in [0.3, 0.4) is 0 Å². The van der Waals surface area contributed by atoms with E-state index in [1.807, 2.05) is 24.3 Å². The Labute approximate surface area is 114 Å². The molecule has 0 heterocycles. The van der Waals surface area contributed by atoms with Gasteiger partial charge >= 0.3 is 0 Å². The highest BCUT2D eigenvalue weighted by Gasteiger charge is 2.01. The molecule has 0 aliphatic carbocycles. The van der Waals surface area contributed by atoms with Crippen LogP contribution in [-0.4, -0.2) is 11.7 Å². The highest BCUT2D eigenvalue weighted by molar-refractivity contribution is 5.32. The van der Waals surface area contributed by atoms with E-state index in [0.29, 0.717) is 6.61 Å². The highest BCUT2D eigenvalue weighted by atomic mass is 16.5. The number of ether oxygens (including phenoxy) is 1. The minimum atomic E-state index is 0.0219. The molecule has 0 bridgehead atoms. The molecule has 0 amide bonds. The lowest BCUT2D eigenvalue weighted by Crippen LogP contribution is -2.01. The molecule has 2 heteroatoms. The van der Waals surface area contributed by atoms with Gasteiger partial charge in [0.25, 0.3) is 0 Å². The van der Waals surface area contributed by atoms with Gasteiger partial charge in [0.1, 0.15) is 5.75 Å². The van der Waals surface area contributed by atoms with Gasteiger partial charge in [-0.1, -0.05) is 48.0 Å². The largest absolute Gasteiger partial charge is 0.493 e. The molecule has 0 aliphatic heterocycles. The van der Waals surface area contributed by atoms with Gasteiger partial charge in [0.15, 0.2) is 0 Å². The molecule has 0 atom stereocenters. The topological polar surface area (TPSA) is 29.5 Å². The average molecular weight is 256 g/mol. The van der Waals surface area contributed by atoms with Gasteiger partial charge < -0.3 is 9.84 Å². The number of hydrogen-bond donors (Lipinski definition) is 1. The Hall–Kier alpha value is -1.80. The number of aliphatic hydroxyl groups excluding tert-OH is 1. The van der Waals surface area contributed by atoms with Crippen LogP contribution in [0.5, 0.6) is 5.75 Å². The van der Waals surface area contributed by atoms with Crippen molar-refractivity contribution in [2.45, 2.75) is 26.4 Å². The van der Waals surface area contributed by atoms with Gasteiger partial charge in [0.05, 0.1) is 13.2 Å². The predicted octanol–water partition coefficient (Wildman–Crippen LogP) is 3.50. The average Bonchev–Trinajstić information content (AvgIpc) is 2.44. The van der Waals surface area contributed by atoms with Crippen molar-refractivity contribution in [1.82, 2.24) is 0 Å². The van der Waals surface area contributed by atoms with Crippen molar-refractivity contribution in [3.63, 3.8) is 0 Å². The third-order valence-corrected chi connectivity index (χ3v) is 3.09. The SMILES string of the molecule is Cc1cccc(CCCOc2ccccc2CO)c1. The van der Waals surface area contributed by atoms with Gasteiger partial charge in [-0.05, 0) is 31.4 Å². The third-order valence-electron chi connectivity index (χ3n) is 3.09. The molecular weight excluding hydrogens is 236 g/mol. The number of hydrogen-bond acceptors (Lipinski definition) is 2. The van der Waals surface area contributed by atoms with E-state index < -0.39 is 0 Å². The zero-order valence-electron chi connectivity index (χ0n) is 11.3. The van der Waals surface area contributed by atoms with Crippen molar-refractivity contribution < 1.29 is 9.84 Å². The van der Waals surface area contributed by atoms with E-state index in [9.17, 15) is 5.11 Å². The van der Waals surface area contributed by atoms with E-state index in [1.165, 1.54) is 11.1 Å². The first-order valence-electron chi connectivity index (χ1n) is 6.66. The van der Waals surface area contributed by atoms with Crippen LogP contribution in [0.25, 0.3) is 0 Å². The van der Waals surface area contributed by atoms with Crippen molar-refractivity contribution in [2.24, 2.45) is 0 Å². The van der Waals surface area contributed by atoms with Crippen molar-refractivity contribution in [1.29, 1.82) is 0 Å². The highest BCUT2D eigenvalue weighted by Crippen LogP contribution is 2.18. The molecule has 2 nitrogen and oxygen atoms in total. The molecule has 0 fully saturated rings. The number of benzene rings is 2. The lowest BCUT2D eigenvalue weighted by molar-refractivity contribution is 0.261. The van der Waals surface area contributed by atoms with E-state index in [4.69, 9.17) is 4.74 Å². The lowest BCUT2D eigenvalue weighted by Gasteiger charge is -2.09. The van der Waals surface area contributed by atoms with Crippen LogP contribution in [0.15, 0.2) is 48.5 Å². The molecule has 0 aliphatic rings. The number of para-hydroxylation sites is 1. The first kappa shape index (κ1) is 13.6. The summed E-state index contributed by atoms with van der Waals surface area (Å²) in [6.07, 6.45) is 1.99. The van der Waals surface area contributed by atoms with Crippen LogP contribution in [0.4, 0.5) is 0 Å². The maximum Gasteiger partial charge on any atom is 0.124 e. The van der Waals surface area contributed by atoms with Gasteiger partial charge in [-0.3, -0.25) is 0 Å². The Morgan fingerprint density at radius 2 is 1.89 bits per heavy atom. The molecule has 0 aromatic heterocycles.